The Kier molecular flexibility index (Phi) is 6.37. The third-order valence-corrected chi connectivity index (χ3v) is 7.38. The number of hydrogen-bond acceptors (Lipinski definition) is 4. The van der Waals surface area contributed by atoms with Gasteiger partial charge >= 0.3 is 0 Å². The van der Waals surface area contributed by atoms with E-state index >= 15 is 0 Å². The zero-order valence-electron chi connectivity index (χ0n) is 18.4. The average molecular weight is 469 g/mol. The number of sulfonamides is 1. The Morgan fingerprint density at radius 3 is 2.39 bits per heavy atom. The number of amides is 1. The van der Waals surface area contributed by atoms with Gasteiger partial charge in [0.2, 0.25) is 5.91 Å². The Morgan fingerprint density at radius 2 is 1.73 bits per heavy atom. The number of anilines is 2. The van der Waals surface area contributed by atoms with E-state index in [4.69, 9.17) is 4.74 Å². The molecule has 1 amide bonds. The van der Waals surface area contributed by atoms with E-state index in [1.807, 2.05) is 38.1 Å². The van der Waals surface area contributed by atoms with E-state index in [0.717, 1.165) is 15.6 Å². The van der Waals surface area contributed by atoms with Gasteiger partial charge in [-0.2, -0.15) is 0 Å². The molecule has 0 N–H and O–H groups in total. The van der Waals surface area contributed by atoms with Gasteiger partial charge in [0.25, 0.3) is 10.0 Å². The molecular weight excluding hydrogens is 443 g/mol. The second kappa shape index (κ2) is 9.23. The number of hydrogen-bond donors (Lipinski definition) is 0. The van der Waals surface area contributed by atoms with Crippen molar-refractivity contribution in [1.82, 2.24) is 0 Å². The van der Waals surface area contributed by atoms with Gasteiger partial charge in [-0.25, -0.2) is 12.8 Å². The summed E-state index contributed by atoms with van der Waals surface area (Å²) in [6.45, 7) is 3.81. The van der Waals surface area contributed by atoms with Crippen molar-refractivity contribution in [3.8, 4) is 5.75 Å². The van der Waals surface area contributed by atoms with Crippen LogP contribution in [-0.2, 0) is 21.2 Å². The molecular formula is C25H25FN2O4S. The molecule has 6 nitrogen and oxygen atoms in total. The topological polar surface area (TPSA) is 66.9 Å². The zero-order chi connectivity index (χ0) is 23.6. The molecule has 8 heteroatoms. The van der Waals surface area contributed by atoms with Crippen LogP contribution in [0.3, 0.4) is 0 Å². The van der Waals surface area contributed by atoms with E-state index < -0.39 is 22.4 Å². The molecule has 0 spiro atoms. The first-order valence-corrected chi connectivity index (χ1v) is 12.2. The molecule has 0 radical (unpaired) electrons. The van der Waals surface area contributed by atoms with E-state index in [-0.39, 0.29) is 22.5 Å². The number of fused-ring (bicyclic) bond motifs is 1. The summed E-state index contributed by atoms with van der Waals surface area (Å²) < 4.78 is 47.1. The molecule has 1 unspecified atom stereocenters. The van der Waals surface area contributed by atoms with E-state index in [1.165, 1.54) is 36.4 Å². The fourth-order valence-corrected chi connectivity index (χ4v) is 5.48. The molecule has 1 aliphatic rings. The summed E-state index contributed by atoms with van der Waals surface area (Å²) in [7, 11) is -4.11. The first kappa shape index (κ1) is 22.8. The fraction of sp³-hybridized carbons (Fsp3) is 0.240. The van der Waals surface area contributed by atoms with Crippen molar-refractivity contribution in [2.75, 3.05) is 22.4 Å². The Bertz CT molecular complexity index is 1240. The van der Waals surface area contributed by atoms with Gasteiger partial charge in [-0.3, -0.25) is 9.10 Å². The number of halogens is 1. The molecule has 0 saturated heterocycles. The van der Waals surface area contributed by atoms with Gasteiger partial charge < -0.3 is 9.64 Å². The maximum atomic E-state index is 13.6. The highest BCUT2D eigenvalue weighted by Gasteiger charge is 2.34. The molecule has 1 heterocycles. The summed E-state index contributed by atoms with van der Waals surface area (Å²) in [5.74, 6) is -0.305. The lowest BCUT2D eigenvalue weighted by Gasteiger charge is -2.29. The quantitative estimate of drug-likeness (QED) is 0.516. The van der Waals surface area contributed by atoms with Crippen LogP contribution in [0.1, 0.15) is 19.4 Å². The summed E-state index contributed by atoms with van der Waals surface area (Å²) in [5, 5.41) is 0. The van der Waals surface area contributed by atoms with Crippen molar-refractivity contribution in [1.29, 1.82) is 0 Å². The fourth-order valence-electron chi connectivity index (χ4n) is 4.07. The van der Waals surface area contributed by atoms with Crippen molar-refractivity contribution in [3.05, 3.63) is 84.2 Å². The molecule has 33 heavy (non-hydrogen) atoms. The zero-order valence-corrected chi connectivity index (χ0v) is 19.3. The number of benzene rings is 3. The molecule has 3 aromatic carbocycles. The van der Waals surface area contributed by atoms with E-state index in [1.54, 1.807) is 17.0 Å². The number of carbonyl (C=O) groups is 1. The van der Waals surface area contributed by atoms with Gasteiger partial charge in [0.1, 0.15) is 18.1 Å². The van der Waals surface area contributed by atoms with Gasteiger partial charge in [-0.15, -0.1) is 0 Å². The lowest BCUT2D eigenvalue weighted by atomic mass is 10.1. The predicted molar refractivity (Wildman–Crippen MR) is 126 cm³/mol. The van der Waals surface area contributed by atoms with Crippen LogP contribution in [0.2, 0.25) is 0 Å². The van der Waals surface area contributed by atoms with Crippen molar-refractivity contribution in [3.63, 3.8) is 0 Å². The minimum absolute atomic E-state index is 0.0120. The van der Waals surface area contributed by atoms with Crippen LogP contribution >= 0.6 is 0 Å². The third-order valence-electron chi connectivity index (χ3n) is 5.59. The second-order valence-electron chi connectivity index (χ2n) is 7.84. The molecule has 0 aromatic heterocycles. The van der Waals surface area contributed by atoms with Crippen LogP contribution in [-0.4, -0.2) is 33.5 Å². The maximum absolute atomic E-state index is 13.6. The predicted octanol–water partition coefficient (Wildman–Crippen LogP) is 4.40. The SMILES string of the molecule is CCOc1ccc(S(=O)(=O)N(CC(=O)N2c3ccccc3CC2C)c2ccc(F)cc2)cc1. The largest absolute Gasteiger partial charge is 0.494 e. The van der Waals surface area contributed by atoms with E-state index in [0.29, 0.717) is 18.8 Å². The van der Waals surface area contributed by atoms with Crippen molar-refractivity contribution in [2.24, 2.45) is 0 Å². The second-order valence-corrected chi connectivity index (χ2v) is 9.70. The Labute approximate surface area is 193 Å². The monoisotopic (exact) mass is 468 g/mol. The van der Waals surface area contributed by atoms with Crippen molar-refractivity contribution in [2.45, 2.75) is 31.2 Å². The van der Waals surface area contributed by atoms with Crippen LogP contribution in [0.25, 0.3) is 0 Å². The highest BCUT2D eigenvalue weighted by Crippen LogP contribution is 2.33. The summed E-state index contributed by atoms with van der Waals surface area (Å²) >= 11 is 0. The minimum atomic E-state index is -4.11. The molecule has 172 valence electrons. The van der Waals surface area contributed by atoms with E-state index in [2.05, 4.69) is 0 Å². The smallest absolute Gasteiger partial charge is 0.264 e. The number of carbonyl (C=O) groups excluding carboxylic acids is 1. The highest BCUT2D eigenvalue weighted by atomic mass is 32.2. The Hall–Kier alpha value is -3.39. The van der Waals surface area contributed by atoms with Crippen molar-refractivity contribution < 1.29 is 22.3 Å². The number of nitrogens with zero attached hydrogens (tertiary/aromatic N) is 2. The van der Waals surface area contributed by atoms with Crippen LogP contribution in [0.15, 0.2) is 77.7 Å². The highest BCUT2D eigenvalue weighted by molar-refractivity contribution is 7.92. The summed E-state index contributed by atoms with van der Waals surface area (Å²) in [5.41, 5.74) is 2.03. The summed E-state index contributed by atoms with van der Waals surface area (Å²) in [4.78, 5) is 15.1. The number of rotatable bonds is 7. The molecule has 0 bridgehead atoms. The molecule has 0 fully saturated rings. The summed E-state index contributed by atoms with van der Waals surface area (Å²) in [6, 6.07) is 18.6. The van der Waals surface area contributed by atoms with Crippen LogP contribution in [0.5, 0.6) is 5.75 Å². The van der Waals surface area contributed by atoms with Gasteiger partial charge in [0.15, 0.2) is 0 Å². The van der Waals surface area contributed by atoms with Crippen LogP contribution in [0, 0.1) is 5.82 Å². The molecule has 1 aliphatic heterocycles. The number of ether oxygens (including phenoxy) is 1. The molecule has 0 saturated carbocycles. The Balaban J connectivity index is 1.70. The van der Waals surface area contributed by atoms with Crippen LogP contribution < -0.4 is 13.9 Å². The Morgan fingerprint density at radius 1 is 1.06 bits per heavy atom. The van der Waals surface area contributed by atoms with Crippen LogP contribution in [0.4, 0.5) is 15.8 Å². The maximum Gasteiger partial charge on any atom is 0.264 e. The van der Waals surface area contributed by atoms with Gasteiger partial charge in [-0.1, -0.05) is 18.2 Å². The summed E-state index contributed by atoms with van der Waals surface area (Å²) in [6.07, 6.45) is 0.699. The lowest BCUT2D eigenvalue weighted by molar-refractivity contribution is -0.117. The van der Waals surface area contributed by atoms with Gasteiger partial charge in [0.05, 0.1) is 17.2 Å². The third kappa shape index (κ3) is 4.57. The molecule has 4 rings (SSSR count). The normalized spacial score (nSPS) is 15.2. The average Bonchev–Trinajstić information content (AvgIpc) is 3.14. The first-order valence-electron chi connectivity index (χ1n) is 10.7. The molecule has 3 aromatic rings. The number of para-hydroxylation sites is 1. The minimum Gasteiger partial charge on any atom is -0.494 e. The molecule has 0 aliphatic carbocycles. The van der Waals surface area contributed by atoms with Gasteiger partial charge in [0, 0.05) is 11.7 Å². The molecule has 1 atom stereocenters. The van der Waals surface area contributed by atoms with Crippen molar-refractivity contribution >= 4 is 27.3 Å². The lowest BCUT2D eigenvalue weighted by Crippen LogP contribution is -2.45. The first-order chi connectivity index (χ1) is 15.8. The standard InChI is InChI=1S/C25H25FN2O4S/c1-3-32-22-12-14-23(15-13-22)33(30,31)27(21-10-8-20(26)9-11-21)17-25(29)28-18(2)16-19-6-4-5-7-24(19)28/h4-15,18H,3,16-17H2,1-2H3. The van der Waals surface area contributed by atoms with E-state index in [9.17, 15) is 17.6 Å². The van der Waals surface area contributed by atoms with Gasteiger partial charge in [-0.05, 0) is 80.4 Å².